The monoisotopic (exact) mass is 261 g/mol. The number of nitrogens with zero attached hydrogens (tertiary/aromatic N) is 3. The molecule has 0 aliphatic carbocycles. The van der Waals surface area contributed by atoms with Gasteiger partial charge in [0.2, 0.25) is 0 Å². The highest BCUT2D eigenvalue weighted by atomic mass is 16.3. The Hall–Kier alpha value is -1.88. The molecule has 5 nitrogen and oxygen atoms in total. The van der Waals surface area contributed by atoms with Crippen molar-refractivity contribution in [1.82, 2.24) is 14.8 Å². The first-order valence-corrected chi connectivity index (χ1v) is 6.41. The number of benzene rings is 1. The Morgan fingerprint density at radius 1 is 1.26 bits per heavy atom. The summed E-state index contributed by atoms with van der Waals surface area (Å²) in [4.78, 5) is 4.21. The van der Waals surface area contributed by atoms with E-state index in [-0.39, 0.29) is 5.75 Å². The number of hydrogen-bond acceptors (Lipinski definition) is 4. The van der Waals surface area contributed by atoms with E-state index in [1.807, 2.05) is 4.68 Å². The van der Waals surface area contributed by atoms with Crippen LogP contribution in [-0.2, 0) is 18.6 Å². The molecule has 1 aromatic heterocycles. The summed E-state index contributed by atoms with van der Waals surface area (Å²) in [5.74, 6) is 0.952. The van der Waals surface area contributed by atoms with Crippen molar-refractivity contribution in [2.45, 2.75) is 38.8 Å². The Bertz CT molecular complexity index is 532. The first-order valence-electron chi connectivity index (χ1n) is 6.41. The fraction of sp³-hybridized carbons (Fsp3) is 0.429. The second-order valence-corrected chi connectivity index (χ2v) is 4.90. The molecule has 1 atom stereocenters. The molecule has 0 spiro atoms. The molecule has 0 aliphatic rings. The average Bonchev–Trinajstić information content (AvgIpc) is 2.77. The highest BCUT2D eigenvalue weighted by molar-refractivity contribution is 5.30. The van der Waals surface area contributed by atoms with Crippen LogP contribution in [0.1, 0.15) is 31.7 Å². The number of rotatable bonds is 5. The fourth-order valence-electron chi connectivity index (χ4n) is 2.05. The second kappa shape index (κ2) is 5.40. The van der Waals surface area contributed by atoms with Crippen LogP contribution in [0.15, 0.2) is 30.6 Å². The van der Waals surface area contributed by atoms with Gasteiger partial charge in [0, 0.05) is 13.0 Å². The van der Waals surface area contributed by atoms with Crippen molar-refractivity contribution in [2.24, 2.45) is 0 Å². The van der Waals surface area contributed by atoms with E-state index in [0.717, 1.165) is 24.4 Å². The van der Waals surface area contributed by atoms with Crippen molar-refractivity contribution in [2.75, 3.05) is 0 Å². The van der Waals surface area contributed by atoms with Gasteiger partial charge in [-0.15, -0.1) is 0 Å². The van der Waals surface area contributed by atoms with Crippen molar-refractivity contribution in [3.63, 3.8) is 0 Å². The van der Waals surface area contributed by atoms with Crippen LogP contribution < -0.4 is 0 Å². The van der Waals surface area contributed by atoms with Crippen LogP contribution in [-0.4, -0.2) is 25.0 Å². The third kappa shape index (κ3) is 3.12. The Kier molecular flexibility index (Phi) is 3.85. The number of aryl methyl sites for hydroxylation is 1. The van der Waals surface area contributed by atoms with Crippen molar-refractivity contribution in [3.05, 3.63) is 42.0 Å². The molecule has 1 aromatic carbocycles. The van der Waals surface area contributed by atoms with E-state index in [4.69, 9.17) is 0 Å². The number of hydrogen-bond donors (Lipinski definition) is 2. The molecule has 0 saturated carbocycles. The molecule has 19 heavy (non-hydrogen) atoms. The molecule has 2 aromatic rings. The maximum atomic E-state index is 10.6. The molecule has 102 valence electrons. The average molecular weight is 261 g/mol. The van der Waals surface area contributed by atoms with E-state index in [2.05, 4.69) is 17.0 Å². The zero-order valence-electron chi connectivity index (χ0n) is 11.2. The molecule has 2 N–H and O–H groups in total. The minimum atomic E-state index is -1.04. The van der Waals surface area contributed by atoms with Crippen LogP contribution >= 0.6 is 0 Å². The number of aromatic hydroxyl groups is 1. The largest absolute Gasteiger partial charge is 0.508 e. The highest BCUT2D eigenvalue weighted by Crippen LogP contribution is 2.26. The lowest BCUT2D eigenvalue weighted by Crippen LogP contribution is -2.26. The molecule has 0 saturated heterocycles. The van der Waals surface area contributed by atoms with Crippen molar-refractivity contribution < 1.29 is 10.2 Å². The molecule has 1 heterocycles. The summed E-state index contributed by atoms with van der Waals surface area (Å²) in [6, 6.07) is 6.58. The fourth-order valence-corrected chi connectivity index (χ4v) is 2.05. The minimum absolute atomic E-state index is 0.189. The Labute approximate surface area is 112 Å². The van der Waals surface area contributed by atoms with Crippen molar-refractivity contribution in [1.29, 1.82) is 0 Å². The first kappa shape index (κ1) is 13.5. The second-order valence-electron chi connectivity index (χ2n) is 4.90. The van der Waals surface area contributed by atoms with Crippen molar-refractivity contribution >= 4 is 0 Å². The summed E-state index contributed by atoms with van der Waals surface area (Å²) in [6.45, 7) is 4.61. The number of phenolic OH excluding ortho intramolecular Hbond substituents is 1. The highest BCUT2D eigenvalue weighted by Gasteiger charge is 2.26. The standard InChI is InChI=1S/C14H19N3O2/c1-3-8-17-13(15-10-16-17)9-14(2,19)11-4-6-12(18)7-5-11/h4-7,10,18-19H,3,8-9H2,1-2H3. The predicted octanol–water partition coefficient (Wildman–Crippen LogP) is 1.84. The first-order chi connectivity index (χ1) is 9.03. The molecule has 0 fully saturated rings. The molecule has 5 heteroatoms. The zero-order chi connectivity index (χ0) is 13.9. The minimum Gasteiger partial charge on any atom is -0.508 e. The Balaban J connectivity index is 2.20. The number of phenols is 1. The molecule has 1 unspecified atom stereocenters. The summed E-state index contributed by atoms with van der Waals surface area (Å²) >= 11 is 0. The van der Waals surface area contributed by atoms with E-state index >= 15 is 0 Å². The van der Waals surface area contributed by atoms with E-state index < -0.39 is 5.60 Å². The van der Waals surface area contributed by atoms with Gasteiger partial charge < -0.3 is 10.2 Å². The van der Waals surface area contributed by atoms with Crippen LogP contribution in [0, 0.1) is 0 Å². The lowest BCUT2D eigenvalue weighted by molar-refractivity contribution is 0.0542. The maximum absolute atomic E-state index is 10.6. The predicted molar refractivity (Wildman–Crippen MR) is 71.7 cm³/mol. The zero-order valence-corrected chi connectivity index (χ0v) is 11.2. The van der Waals surface area contributed by atoms with Crippen LogP contribution in [0.3, 0.4) is 0 Å². The summed E-state index contributed by atoms with van der Waals surface area (Å²) in [5.41, 5.74) is -0.289. The van der Waals surface area contributed by atoms with Gasteiger partial charge in [0.05, 0.1) is 5.60 Å². The van der Waals surface area contributed by atoms with E-state index in [9.17, 15) is 10.2 Å². The van der Waals surface area contributed by atoms with Crippen LogP contribution in [0.25, 0.3) is 0 Å². The van der Waals surface area contributed by atoms with Crippen LogP contribution in [0.5, 0.6) is 5.75 Å². The van der Waals surface area contributed by atoms with Gasteiger partial charge in [-0.3, -0.25) is 0 Å². The number of aromatic nitrogens is 3. The Morgan fingerprint density at radius 2 is 1.95 bits per heavy atom. The third-order valence-electron chi connectivity index (χ3n) is 3.12. The molecular formula is C14H19N3O2. The molecule has 0 bridgehead atoms. The van der Waals surface area contributed by atoms with Gasteiger partial charge in [0.25, 0.3) is 0 Å². The van der Waals surface area contributed by atoms with Gasteiger partial charge in [-0.1, -0.05) is 19.1 Å². The normalized spacial score (nSPS) is 14.3. The van der Waals surface area contributed by atoms with E-state index in [1.165, 1.54) is 6.33 Å². The molecule has 2 rings (SSSR count). The van der Waals surface area contributed by atoms with Gasteiger partial charge in [-0.05, 0) is 31.0 Å². The van der Waals surface area contributed by atoms with Crippen LogP contribution in [0.2, 0.25) is 0 Å². The summed E-state index contributed by atoms with van der Waals surface area (Å²) < 4.78 is 1.81. The Morgan fingerprint density at radius 3 is 2.58 bits per heavy atom. The topological polar surface area (TPSA) is 71.2 Å². The van der Waals surface area contributed by atoms with Crippen molar-refractivity contribution in [3.8, 4) is 5.75 Å². The lowest BCUT2D eigenvalue weighted by atomic mass is 9.92. The maximum Gasteiger partial charge on any atom is 0.138 e. The summed E-state index contributed by atoms with van der Waals surface area (Å²) in [7, 11) is 0. The molecule has 0 aliphatic heterocycles. The summed E-state index contributed by atoms with van der Waals surface area (Å²) in [5, 5.41) is 24.0. The van der Waals surface area contributed by atoms with E-state index in [0.29, 0.717) is 6.42 Å². The number of aliphatic hydroxyl groups is 1. The van der Waals surface area contributed by atoms with Crippen LogP contribution in [0.4, 0.5) is 0 Å². The van der Waals surface area contributed by atoms with Gasteiger partial charge >= 0.3 is 0 Å². The van der Waals surface area contributed by atoms with Gasteiger partial charge in [0.15, 0.2) is 0 Å². The summed E-state index contributed by atoms with van der Waals surface area (Å²) in [6.07, 6.45) is 2.87. The third-order valence-corrected chi connectivity index (χ3v) is 3.12. The van der Waals surface area contributed by atoms with E-state index in [1.54, 1.807) is 31.2 Å². The molecular weight excluding hydrogens is 242 g/mol. The van der Waals surface area contributed by atoms with Gasteiger partial charge in [-0.2, -0.15) is 5.10 Å². The quantitative estimate of drug-likeness (QED) is 0.861. The molecule has 0 amide bonds. The smallest absolute Gasteiger partial charge is 0.138 e. The van der Waals surface area contributed by atoms with Gasteiger partial charge in [-0.25, -0.2) is 9.67 Å². The van der Waals surface area contributed by atoms with Gasteiger partial charge in [0.1, 0.15) is 17.9 Å². The lowest BCUT2D eigenvalue weighted by Gasteiger charge is -2.23. The molecule has 0 radical (unpaired) electrons. The SMILES string of the molecule is CCCn1ncnc1CC(C)(O)c1ccc(O)cc1.